The molecule has 0 aromatic heterocycles. The molecule has 5 heteroatoms. The maximum absolute atomic E-state index is 12.7. The van der Waals surface area contributed by atoms with Gasteiger partial charge in [-0.25, -0.2) is 4.79 Å². The van der Waals surface area contributed by atoms with Gasteiger partial charge < -0.3 is 9.84 Å². The zero-order valence-corrected chi connectivity index (χ0v) is 13.0. The standard InChI is InChI=1S/C16H17ClO4/c1-4-16(3)11-8-9(17)6-7-10(11)13(18)12(14(16)19)15(20)21-5-2/h6-8,18H,4-5H2,1-3H3/t16-/m0/s1. The van der Waals surface area contributed by atoms with Gasteiger partial charge in [-0.2, -0.15) is 0 Å². The minimum atomic E-state index is -0.908. The highest BCUT2D eigenvalue weighted by molar-refractivity contribution is 6.31. The number of esters is 1. The Hall–Kier alpha value is -1.81. The third-order valence-corrected chi connectivity index (χ3v) is 4.22. The smallest absolute Gasteiger partial charge is 0.345 e. The number of aliphatic hydroxyl groups is 1. The van der Waals surface area contributed by atoms with Gasteiger partial charge >= 0.3 is 5.97 Å². The lowest BCUT2D eigenvalue weighted by atomic mass is 9.68. The van der Waals surface area contributed by atoms with E-state index in [1.54, 1.807) is 32.0 Å². The van der Waals surface area contributed by atoms with Gasteiger partial charge in [0.1, 0.15) is 11.3 Å². The molecule has 1 aliphatic carbocycles. The van der Waals surface area contributed by atoms with Crippen molar-refractivity contribution in [1.29, 1.82) is 0 Å². The van der Waals surface area contributed by atoms with E-state index in [0.29, 0.717) is 22.6 Å². The third kappa shape index (κ3) is 2.33. The molecule has 0 radical (unpaired) electrons. The second-order valence-electron chi connectivity index (χ2n) is 5.15. The average molecular weight is 309 g/mol. The molecule has 1 aromatic rings. The number of ether oxygens (including phenoxy) is 1. The molecule has 0 saturated heterocycles. The van der Waals surface area contributed by atoms with Crippen LogP contribution in [0.1, 0.15) is 38.3 Å². The topological polar surface area (TPSA) is 63.6 Å². The Morgan fingerprint density at radius 3 is 2.62 bits per heavy atom. The molecule has 0 heterocycles. The van der Waals surface area contributed by atoms with E-state index in [9.17, 15) is 14.7 Å². The summed E-state index contributed by atoms with van der Waals surface area (Å²) in [6, 6.07) is 4.90. The molecular weight excluding hydrogens is 292 g/mol. The molecule has 1 aromatic carbocycles. The Morgan fingerprint density at radius 2 is 2.05 bits per heavy atom. The number of carbonyl (C=O) groups is 2. The minimum absolute atomic E-state index is 0.138. The summed E-state index contributed by atoms with van der Waals surface area (Å²) in [5, 5.41) is 10.8. The summed E-state index contributed by atoms with van der Waals surface area (Å²) in [5.41, 5.74) is -0.107. The van der Waals surface area contributed by atoms with E-state index in [4.69, 9.17) is 16.3 Å². The van der Waals surface area contributed by atoms with Crippen LogP contribution in [0.3, 0.4) is 0 Å². The van der Waals surface area contributed by atoms with E-state index in [1.807, 2.05) is 6.92 Å². The fourth-order valence-electron chi connectivity index (χ4n) is 2.56. The molecule has 1 atom stereocenters. The highest BCUT2D eigenvalue weighted by atomic mass is 35.5. The van der Waals surface area contributed by atoms with Crippen molar-refractivity contribution in [3.63, 3.8) is 0 Å². The van der Waals surface area contributed by atoms with Crippen molar-refractivity contribution < 1.29 is 19.4 Å². The van der Waals surface area contributed by atoms with Gasteiger partial charge in [0, 0.05) is 10.6 Å². The zero-order valence-electron chi connectivity index (χ0n) is 12.2. The molecule has 1 aliphatic rings. The maximum atomic E-state index is 12.7. The number of benzene rings is 1. The summed E-state index contributed by atoms with van der Waals surface area (Å²) in [6.45, 7) is 5.39. The van der Waals surface area contributed by atoms with Crippen molar-refractivity contribution in [2.45, 2.75) is 32.6 Å². The van der Waals surface area contributed by atoms with Gasteiger partial charge in [0.25, 0.3) is 0 Å². The highest BCUT2D eigenvalue weighted by Gasteiger charge is 2.45. The van der Waals surface area contributed by atoms with E-state index in [1.165, 1.54) is 0 Å². The van der Waals surface area contributed by atoms with Crippen molar-refractivity contribution in [2.75, 3.05) is 6.61 Å². The Labute approximate surface area is 128 Å². The van der Waals surface area contributed by atoms with Gasteiger partial charge in [0.15, 0.2) is 5.78 Å². The zero-order chi connectivity index (χ0) is 15.8. The van der Waals surface area contributed by atoms with Crippen LogP contribution in [-0.2, 0) is 19.7 Å². The largest absolute Gasteiger partial charge is 0.506 e. The number of fused-ring (bicyclic) bond motifs is 1. The number of ketones is 1. The summed E-state index contributed by atoms with van der Waals surface area (Å²) in [6.07, 6.45) is 0.482. The van der Waals surface area contributed by atoms with Crippen LogP contribution in [0, 0.1) is 0 Å². The summed E-state index contributed by atoms with van der Waals surface area (Å²) in [4.78, 5) is 24.7. The average Bonchev–Trinajstić information content (AvgIpc) is 2.45. The number of hydrogen-bond acceptors (Lipinski definition) is 4. The van der Waals surface area contributed by atoms with Gasteiger partial charge in [-0.15, -0.1) is 0 Å². The normalized spacial score (nSPS) is 21.2. The summed E-state index contributed by atoms with van der Waals surface area (Å²) < 4.78 is 4.90. The first-order chi connectivity index (χ1) is 9.86. The Balaban J connectivity index is 2.73. The van der Waals surface area contributed by atoms with Crippen molar-refractivity contribution in [1.82, 2.24) is 0 Å². The molecule has 0 bridgehead atoms. The third-order valence-electron chi connectivity index (χ3n) is 3.98. The van der Waals surface area contributed by atoms with Crippen LogP contribution in [0.2, 0.25) is 5.02 Å². The van der Waals surface area contributed by atoms with Crippen LogP contribution < -0.4 is 0 Å². The van der Waals surface area contributed by atoms with Gasteiger partial charge in [0.05, 0.1) is 12.0 Å². The molecule has 0 aliphatic heterocycles. The minimum Gasteiger partial charge on any atom is -0.506 e. The number of halogens is 1. The summed E-state index contributed by atoms with van der Waals surface area (Å²) >= 11 is 6.00. The lowest BCUT2D eigenvalue weighted by Crippen LogP contribution is -2.40. The van der Waals surface area contributed by atoms with Gasteiger partial charge in [-0.05, 0) is 44.0 Å². The SMILES string of the molecule is CCOC(=O)C1=C(O)c2ccc(Cl)cc2[C@](C)(CC)C1=O. The van der Waals surface area contributed by atoms with Crippen LogP contribution in [-0.4, -0.2) is 23.5 Å². The van der Waals surface area contributed by atoms with Gasteiger partial charge in [-0.1, -0.05) is 18.5 Å². The monoisotopic (exact) mass is 308 g/mol. The number of carbonyl (C=O) groups excluding carboxylic acids is 2. The number of Topliss-reactive ketones (excluding diaryl/α,β-unsaturated/α-hetero) is 1. The van der Waals surface area contributed by atoms with E-state index in [0.717, 1.165) is 0 Å². The summed E-state index contributed by atoms with van der Waals surface area (Å²) in [5.74, 6) is -1.56. The second kappa shape index (κ2) is 5.53. The number of rotatable bonds is 3. The predicted octanol–water partition coefficient (Wildman–Crippen LogP) is 3.42. The van der Waals surface area contributed by atoms with E-state index >= 15 is 0 Å². The molecule has 0 amide bonds. The summed E-state index contributed by atoms with van der Waals surface area (Å²) in [7, 11) is 0. The molecule has 0 fully saturated rings. The fourth-order valence-corrected chi connectivity index (χ4v) is 2.74. The molecule has 0 unspecified atom stereocenters. The molecule has 0 spiro atoms. The Kier molecular flexibility index (Phi) is 4.10. The Bertz CT molecular complexity index is 648. The predicted molar refractivity (Wildman–Crippen MR) is 80.3 cm³/mol. The first-order valence-electron chi connectivity index (χ1n) is 6.82. The van der Waals surface area contributed by atoms with E-state index in [-0.39, 0.29) is 17.9 Å². The fraction of sp³-hybridized carbons (Fsp3) is 0.375. The van der Waals surface area contributed by atoms with E-state index < -0.39 is 17.2 Å². The van der Waals surface area contributed by atoms with Gasteiger partial charge in [-0.3, -0.25) is 4.79 Å². The molecule has 2 rings (SSSR count). The number of hydrogen-bond donors (Lipinski definition) is 1. The molecule has 112 valence electrons. The van der Waals surface area contributed by atoms with E-state index in [2.05, 4.69) is 0 Å². The lowest BCUT2D eigenvalue weighted by molar-refractivity contribution is -0.140. The van der Waals surface area contributed by atoms with Crippen molar-refractivity contribution in [3.8, 4) is 0 Å². The van der Waals surface area contributed by atoms with Crippen molar-refractivity contribution in [3.05, 3.63) is 39.9 Å². The quantitative estimate of drug-likeness (QED) is 0.686. The lowest BCUT2D eigenvalue weighted by Gasteiger charge is -2.34. The second-order valence-corrected chi connectivity index (χ2v) is 5.59. The van der Waals surface area contributed by atoms with Crippen LogP contribution in [0.15, 0.2) is 23.8 Å². The molecule has 4 nitrogen and oxygen atoms in total. The van der Waals surface area contributed by atoms with Crippen LogP contribution in [0.4, 0.5) is 0 Å². The molecular formula is C16H17ClO4. The molecule has 0 saturated carbocycles. The maximum Gasteiger partial charge on any atom is 0.345 e. The first kappa shape index (κ1) is 15.6. The van der Waals surface area contributed by atoms with Crippen LogP contribution in [0.5, 0.6) is 0 Å². The number of aliphatic hydroxyl groups excluding tert-OH is 1. The highest BCUT2D eigenvalue weighted by Crippen LogP contribution is 2.42. The van der Waals surface area contributed by atoms with Gasteiger partial charge in [0.2, 0.25) is 0 Å². The molecule has 1 N–H and O–H groups in total. The van der Waals surface area contributed by atoms with Crippen LogP contribution in [0.25, 0.3) is 5.76 Å². The van der Waals surface area contributed by atoms with Crippen molar-refractivity contribution >= 4 is 29.1 Å². The van der Waals surface area contributed by atoms with Crippen molar-refractivity contribution in [2.24, 2.45) is 0 Å². The molecule has 21 heavy (non-hydrogen) atoms. The first-order valence-corrected chi connectivity index (χ1v) is 7.20. The van der Waals surface area contributed by atoms with Crippen LogP contribution >= 0.6 is 11.6 Å². The Morgan fingerprint density at radius 1 is 1.38 bits per heavy atom.